The minimum atomic E-state index is -0.748. The molecule has 1 aliphatic rings. The number of methoxy groups -OCH3 is 1. The van der Waals surface area contributed by atoms with E-state index in [9.17, 15) is 9.59 Å². The molecule has 7 heteroatoms. The second-order valence-corrected chi connectivity index (χ2v) is 6.93. The molecule has 6 nitrogen and oxygen atoms in total. The van der Waals surface area contributed by atoms with Crippen LogP contribution in [0.3, 0.4) is 0 Å². The standard InChI is InChI=1S/C18H20N2O4S/c1-11(24-14-8-6-13(23-2)7-9-14)17(21)19-20-18(22)16-10-12-4-3-5-15(12)25-16/h6-11H,3-5H2,1-2H3,(H,19,21)(H,20,22). The second-order valence-electron chi connectivity index (χ2n) is 5.79. The van der Waals surface area contributed by atoms with Crippen molar-refractivity contribution in [1.29, 1.82) is 0 Å². The SMILES string of the molecule is COc1ccc(OC(C)C(=O)NNC(=O)c2cc3c(s2)CCC3)cc1. The summed E-state index contributed by atoms with van der Waals surface area (Å²) in [5.74, 6) is 0.529. The van der Waals surface area contributed by atoms with Gasteiger partial charge in [-0.25, -0.2) is 0 Å². The molecule has 0 fully saturated rings. The van der Waals surface area contributed by atoms with E-state index < -0.39 is 12.0 Å². The van der Waals surface area contributed by atoms with E-state index in [4.69, 9.17) is 9.47 Å². The highest BCUT2D eigenvalue weighted by molar-refractivity contribution is 7.14. The lowest BCUT2D eigenvalue weighted by Gasteiger charge is -2.15. The van der Waals surface area contributed by atoms with Crippen molar-refractivity contribution in [3.8, 4) is 11.5 Å². The summed E-state index contributed by atoms with van der Waals surface area (Å²) in [5, 5.41) is 0. The number of hydrogen-bond acceptors (Lipinski definition) is 5. The molecule has 25 heavy (non-hydrogen) atoms. The zero-order chi connectivity index (χ0) is 17.8. The van der Waals surface area contributed by atoms with Crippen LogP contribution < -0.4 is 20.3 Å². The lowest BCUT2D eigenvalue weighted by Crippen LogP contribution is -2.47. The van der Waals surface area contributed by atoms with E-state index in [1.807, 2.05) is 6.07 Å². The number of carbonyl (C=O) groups is 2. The van der Waals surface area contributed by atoms with Crippen LogP contribution in [0.2, 0.25) is 0 Å². The fourth-order valence-corrected chi connectivity index (χ4v) is 3.78. The minimum absolute atomic E-state index is 0.301. The molecular formula is C18H20N2O4S. The van der Waals surface area contributed by atoms with Gasteiger partial charge in [0.05, 0.1) is 12.0 Å². The van der Waals surface area contributed by atoms with E-state index in [-0.39, 0.29) is 5.91 Å². The van der Waals surface area contributed by atoms with Gasteiger partial charge >= 0.3 is 0 Å². The van der Waals surface area contributed by atoms with Crippen LogP contribution in [0.1, 0.15) is 33.5 Å². The Kier molecular flexibility index (Phi) is 5.23. The van der Waals surface area contributed by atoms with Gasteiger partial charge in [0.1, 0.15) is 11.5 Å². The van der Waals surface area contributed by atoms with Gasteiger partial charge in [-0.05, 0) is 62.1 Å². The Morgan fingerprint density at radius 2 is 1.84 bits per heavy atom. The lowest BCUT2D eigenvalue weighted by atomic mass is 10.2. The van der Waals surface area contributed by atoms with Crippen molar-refractivity contribution in [3.05, 3.63) is 45.6 Å². The third-order valence-electron chi connectivity index (χ3n) is 4.01. The Morgan fingerprint density at radius 3 is 2.52 bits per heavy atom. The summed E-state index contributed by atoms with van der Waals surface area (Å²) >= 11 is 1.49. The van der Waals surface area contributed by atoms with E-state index in [0.717, 1.165) is 19.3 Å². The fraction of sp³-hybridized carbons (Fsp3) is 0.333. The molecule has 0 radical (unpaired) electrons. The quantitative estimate of drug-likeness (QED) is 0.803. The number of rotatable bonds is 5. The molecule has 0 aliphatic heterocycles. The molecule has 0 saturated carbocycles. The molecule has 0 spiro atoms. The van der Waals surface area contributed by atoms with E-state index in [2.05, 4.69) is 10.9 Å². The van der Waals surface area contributed by atoms with E-state index in [1.54, 1.807) is 38.3 Å². The van der Waals surface area contributed by atoms with Crippen LogP contribution in [0.5, 0.6) is 11.5 Å². The molecular weight excluding hydrogens is 340 g/mol. The highest BCUT2D eigenvalue weighted by Crippen LogP contribution is 2.30. The molecule has 1 atom stereocenters. The summed E-state index contributed by atoms with van der Waals surface area (Å²) in [4.78, 5) is 26.1. The lowest BCUT2D eigenvalue weighted by molar-refractivity contribution is -0.128. The van der Waals surface area contributed by atoms with Crippen LogP contribution in [0.4, 0.5) is 0 Å². The molecule has 0 bridgehead atoms. The molecule has 2 N–H and O–H groups in total. The van der Waals surface area contributed by atoms with E-state index >= 15 is 0 Å². The minimum Gasteiger partial charge on any atom is -0.497 e. The first-order valence-electron chi connectivity index (χ1n) is 8.09. The van der Waals surface area contributed by atoms with Gasteiger partial charge in [-0.15, -0.1) is 11.3 Å². The van der Waals surface area contributed by atoms with Gasteiger partial charge in [0.15, 0.2) is 6.10 Å². The molecule has 1 aromatic heterocycles. The first-order chi connectivity index (χ1) is 12.1. The number of hydrazine groups is 1. The molecule has 132 valence electrons. The third kappa shape index (κ3) is 4.11. The molecule has 2 amide bonds. The monoisotopic (exact) mass is 360 g/mol. The van der Waals surface area contributed by atoms with Gasteiger partial charge in [0, 0.05) is 4.88 Å². The first kappa shape index (κ1) is 17.3. The summed E-state index contributed by atoms with van der Waals surface area (Å²) in [6.45, 7) is 1.62. The Balaban J connectivity index is 1.49. The van der Waals surface area contributed by atoms with Crippen molar-refractivity contribution in [2.75, 3.05) is 7.11 Å². The summed E-state index contributed by atoms with van der Waals surface area (Å²) in [6.07, 6.45) is 2.46. The number of aryl methyl sites for hydroxylation is 2. The van der Waals surface area contributed by atoms with Crippen LogP contribution >= 0.6 is 11.3 Å². The van der Waals surface area contributed by atoms with Crippen LogP contribution in [0, 0.1) is 0 Å². The highest BCUT2D eigenvalue weighted by Gasteiger charge is 2.20. The molecule has 0 saturated heterocycles. The Bertz CT molecular complexity index is 748. The predicted octanol–water partition coefficient (Wildman–Crippen LogP) is 2.47. The smallest absolute Gasteiger partial charge is 0.279 e. The molecule has 3 rings (SSSR count). The number of amides is 2. The Morgan fingerprint density at radius 1 is 1.12 bits per heavy atom. The van der Waals surface area contributed by atoms with Gasteiger partial charge < -0.3 is 9.47 Å². The number of hydrogen-bond donors (Lipinski definition) is 2. The molecule has 1 aliphatic carbocycles. The van der Waals surface area contributed by atoms with Crippen LogP contribution in [0.25, 0.3) is 0 Å². The zero-order valence-corrected chi connectivity index (χ0v) is 14.9. The normalized spacial score (nSPS) is 13.7. The van der Waals surface area contributed by atoms with Gasteiger partial charge in [-0.2, -0.15) is 0 Å². The molecule has 1 aromatic carbocycles. The van der Waals surface area contributed by atoms with Crippen molar-refractivity contribution in [1.82, 2.24) is 10.9 Å². The van der Waals surface area contributed by atoms with Crippen LogP contribution in [-0.2, 0) is 17.6 Å². The average molecular weight is 360 g/mol. The van der Waals surface area contributed by atoms with Crippen LogP contribution in [0.15, 0.2) is 30.3 Å². The Labute approximate surface area is 150 Å². The van der Waals surface area contributed by atoms with Crippen LogP contribution in [-0.4, -0.2) is 25.0 Å². The van der Waals surface area contributed by atoms with Gasteiger partial charge in [0.25, 0.3) is 11.8 Å². The van der Waals surface area contributed by atoms with Crippen molar-refractivity contribution < 1.29 is 19.1 Å². The number of nitrogens with one attached hydrogen (secondary N) is 2. The maximum atomic E-state index is 12.1. The number of ether oxygens (including phenoxy) is 2. The number of carbonyl (C=O) groups excluding carboxylic acids is 2. The first-order valence-corrected chi connectivity index (χ1v) is 8.91. The number of fused-ring (bicyclic) bond motifs is 1. The summed E-state index contributed by atoms with van der Waals surface area (Å²) in [6, 6.07) is 8.84. The predicted molar refractivity (Wildman–Crippen MR) is 95.0 cm³/mol. The Hall–Kier alpha value is -2.54. The summed E-state index contributed by atoms with van der Waals surface area (Å²) in [7, 11) is 1.58. The molecule has 1 heterocycles. The molecule has 1 unspecified atom stereocenters. The van der Waals surface area contributed by atoms with Gasteiger partial charge in [0.2, 0.25) is 0 Å². The number of benzene rings is 1. The molecule has 2 aromatic rings. The fourth-order valence-electron chi connectivity index (χ4n) is 2.63. The average Bonchev–Trinajstić information content (AvgIpc) is 3.22. The number of thiophene rings is 1. The van der Waals surface area contributed by atoms with E-state index in [0.29, 0.717) is 16.4 Å². The third-order valence-corrected chi connectivity index (χ3v) is 5.25. The largest absolute Gasteiger partial charge is 0.497 e. The van der Waals surface area contributed by atoms with Crippen molar-refractivity contribution in [2.24, 2.45) is 0 Å². The van der Waals surface area contributed by atoms with E-state index in [1.165, 1.54) is 21.8 Å². The van der Waals surface area contributed by atoms with Gasteiger partial charge in [-0.3, -0.25) is 20.4 Å². The van der Waals surface area contributed by atoms with Crippen molar-refractivity contribution >= 4 is 23.2 Å². The topological polar surface area (TPSA) is 76.7 Å². The summed E-state index contributed by atoms with van der Waals surface area (Å²) in [5.41, 5.74) is 6.10. The zero-order valence-electron chi connectivity index (χ0n) is 14.1. The van der Waals surface area contributed by atoms with Crippen molar-refractivity contribution in [2.45, 2.75) is 32.3 Å². The highest BCUT2D eigenvalue weighted by atomic mass is 32.1. The maximum Gasteiger partial charge on any atom is 0.279 e. The van der Waals surface area contributed by atoms with Gasteiger partial charge in [-0.1, -0.05) is 0 Å². The van der Waals surface area contributed by atoms with Crippen molar-refractivity contribution in [3.63, 3.8) is 0 Å². The second kappa shape index (κ2) is 7.57. The summed E-state index contributed by atoms with van der Waals surface area (Å²) < 4.78 is 10.6. The maximum absolute atomic E-state index is 12.1.